The zero-order valence-electron chi connectivity index (χ0n) is 17.7. The smallest absolute Gasteiger partial charge is 0.407 e. The van der Waals surface area contributed by atoms with Gasteiger partial charge in [0, 0.05) is 0 Å². The monoisotopic (exact) mass is 377 g/mol. The SMILES string of the molecule is CC(C)C[C@@H]1OC(C)(C)O[C@H]1[C@@H](Cc1ccccc1)NC(=O)OC(C)(C)C. The second kappa shape index (κ2) is 8.61. The summed E-state index contributed by atoms with van der Waals surface area (Å²) in [4.78, 5) is 12.5. The number of ether oxygens (including phenoxy) is 3. The molecule has 0 saturated carbocycles. The highest BCUT2D eigenvalue weighted by atomic mass is 16.8. The van der Waals surface area contributed by atoms with Crippen LogP contribution in [-0.4, -0.2) is 35.7 Å². The molecule has 1 aromatic carbocycles. The Kier molecular flexibility index (Phi) is 6.92. The Morgan fingerprint density at radius 2 is 1.81 bits per heavy atom. The fourth-order valence-electron chi connectivity index (χ4n) is 3.43. The molecule has 1 fully saturated rings. The van der Waals surface area contributed by atoms with Crippen molar-refractivity contribution in [3.05, 3.63) is 35.9 Å². The Bertz CT molecular complexity index is 606. The number of benzene rings is 1. The molecule has 5 heteroatoms. The van der Waals surface area contributed by atoms with Crippen LogP contribution in [0, 0.1) is 5.92 Å². The van der Waals surface area contributed by atoms with Crippen LogP contribution in [0.5, 0.6) is 0 Å². The van der Waals surface area contributed by atoms with Gasteiger partial charge in [0.05, 0.1) is 12.1 Å². The summed E-state index contributed by atoms with van der Waals surface area (Å²) in [6, 6.07) is 9.86. The first-order chi connectivity index (χ1) is 12.5. The van der Waals surface area contributed by atoms with Gasteiger partial charge in [-0.05, 0) is 58.9 Å². The Balaban J connectivity index is 2.22. The fraction of sp³-hybridized carbons (Fsp3) is 0.682. The van der Waals surface area contributed by atoms with Gasteiger partial charge in [0.2, 0.25) is 0 Å². The average molecular weight is 378 g/mol. The summed E-state index contributed by atoms with van der Waals surface area (Å²) in [6.45, 7) is 13.8. The van der Waals surface area contributed by atoms with E-state index in [1.54, 1.807) is 0 Å². The summed E-state index contributed by atoms with van der Waals surface area (Å²) >= 11 is 0. The Labute approximate surface area is 163 Å². The summed E-state index contributed by atoms with van der Waals surface area (Å²) < 4.78 is 17.9. The summed E-state index contributed by atoms with van der Waals surface area (Å²) in [5, 5.41) is 3.04. The molecule has 152 valence electrons. The van der Waals surface area contributed by atoms with Crippen LogP contribution in [0.2, 0.25) is 0 Å². The third-order valence-electron chi connectivity index (χ3n) is 4.32. The van der Waals surface area contributed by atoms with Gasteiger partial charge in [-0.15, -0.1) is 0 Å². The fourth-order valence-corrected chi connectivity index (χ4v) is 3.43. The van der Waals surface area contributed by atoms with Crippen molar-refractivity contribution in [2.75, 3.05) is 0 Å². The maximum Gasteiger partial charge on any atom is 0.407 e. The lowest BCUT2D eigenvalue weighted by Gasteiger charge is -2.29. The van der Waals surface area contributed by atoms with E-state index in [-0.39, 0.29) is 18.2 Å². The summed E-state index contributed by atoms with van der Waals surface area (Å²) in [5.74, 6) is -0.205. The highest BCUT2D eigenvalue weighted by Gasteiger charge is 2.45. The van der Waals surface area contributed by atoms with Gasteiger partial charge in [-0.2, -0.15) is 0 Å². The lowest BCUT2D eigenvalue weighted by molar-refractivity contribution is -0.149. The molecule has 1 aliphatic heterocycles. The van der Waals surface area contributed by atoms with Crippen LogP contribution in [0.4, 0.5) is 4.79 Å². The second-order valence-corrected chi connectivity index (χ2v) is 9.21. The number of carbonyl (C=O) groups excluding carboxylic acids is 1. The third-order valence-corrected chi connectivity index (χ3v) is 4.32. The first-order valence-corrected chi connectivity index (χ1v) is 9.84. The summed E-state index contributed by atoms with van der Waals surface area (Å²) in [6.07, 6.45) is 0.771. The molecule has 0 spiro atoms. The molecule has 0 aliphatic carbocycles. The van der Waals surface area contributed by atoms with Gasteiger partial charge in [0.25, 0.3) is 0 Å². The highest BCUT2D eigenvalue weighted by Crippen LogP contribution is 2.34. The molecule has 1 saturated heterocycles. The minimum absolute atomic E-state index is 0.0800. The summed E-state index contributed by atoms with van der Waals surface area (Å²) in [5.41, 5.74) is 0.584. The van der Waals surface area contributed by atoms with Crippen molar-refractivity contribution in [1.82, 2.24) is 5.32 Å². The number of hydrogen-bond acceptors (Lipinski definition) is 4. The van der Waals surface area contributed by atoms with Crippen molar-refractivity contribution in [2.45, 2.75) is 90.9 Å². The molecule has 1 aliphatic rings. The Morgan fingerprint density at radius 3 is 2.37 bits per heavy atom. The zero-order chi connectivity index (χ0) is 20.2. The average Bonchev–Trinajstić information content (AvgIpc) is 2.79. The lowest BCUT2D eigenvalue weighted by atomic mass is 9.93. The van der Waals surface area contributed by atoms with E-state index in [2.05, 4.69) is 31.3 Å². The highest BCUT2D eigenvalue weighted by molar-refractivity contribution is 5.68. The Hall–Kier alpha value is -1.59. The number of carbonyl (C=O) groups is 1. The van der Waals surface area contributed by atoms with Crippen LogP contribution in [0.1, 0.15) is 60.5 Å². The van der Waals surface area contributed by atoms with Crippen LogP contribution in [-0.2, 0) is 20.6 Å². The van der Waals surface area contributed by atoms with Crippen LogP contribution in [0.25, 0.3) is 0 Å². The molecule has 0 bridgehead atoms. The minimum atomic E-state index is -0.672. The molecular weight excluding hydrogens is 342 g/mol. The maximum atomic E-state index is 12.5. The first kappa shape index (κ1) is 21.7. The van der Waals surface area contributed by atoms with Gasteiger partial charge in [-0.1, -0.05) is 44.2 Å². The minimum Gasteiger partial charge on any atom is -0.444 e. The number of rotatable bonds is 6. The van der Waals surface area contributed by atoms with E-state index in [4.69, 9.17) is 14.2 Å². The van der Waals surface area contributed by atoms with E-state index >= 15 is 0 Å². The molecule has 27 heavy (non-hydrogen) atoms. The van der Waals surface area contributed by atoms with E-state index in [1.165, 1.54) is 0 Å². The molecule has 2 rings (SSSR count). The van der Waals surface area contributed by atoms with E-state index in [0.717, 1.165) is 12.0 Å². The molecule has 1 N–H and O–H groups in total. The molecule has 0 unspecified atom stereocenters. The lowest BCUT2D eigenvalue weighted by Crippen LogP contribution is -2.50. The van der Waals surface area contributed by atoms with Crippen LogP contribution in [0.15, 0.2) is 30.3 Å². The van der Waals surface area contributed by atoms with Crippen LogP contribution >= 0.6 is 0 Å². The normalized spacial score (nSPS) is 23.3. The number of nitrogens with one attached hydrogen (secondary N) is 1. The molecule has 0 radical (unpaired) electrons. The van der Waals surface area contributed by atoms with Crippen LogP contribution in [0.3, 0.4) is 0 Å². The third kappa shape index (κ3) is 7.15. The zero-order valence-corrected chi connectivity index (χ0v) is 17.7. The topological polar surface area (TPSA) is 56.8 Å². The van der Waals surface area contributed by atoms with Gasteiger partial charge in [-0.25, -0.2) is 4.79 Å². The Morgan fingerprint density at radius 1 is 1.19 bits per heavy atom. The van der Waals surface area contributed by atoms with E-state index in [9.17, 15) is 4.79 Å². The second-order valence-electron chi connectivity index (χ2n) is 9.21. The number of hydrogen-bond donors (Lipinski definition) is 1. The standard InChI is InChI=1S/C22H35NO4/c1-15(2)13-18-19(26-22(6,7)25-18)17(14-16-11-9-8-10-12-16)23-20(24)27-21(3,4)5/h8-12,15,17-19H,13-14H2,1-7H3,(H,23,24)/t17-,18+,19+/m1/s1. The van der Waals surface area contributed by atoms with Crippen molar-refractivity contribution < 1.29 is 19.0 Å². The molecule has 1 aromatic rings. The van der Waals surface area contributed by atoms with Gasteiger partial charge >= 0.3 is 6.09 Å². The largest absolute Gasteiger partial charge is 0.444 e. The molecule has 5 nitrogen and oxygen atoms in total. The van der Waals surface area contributed by atoms with Crippen molar-refractivity contribution in [3.63, 3.8) is 0 Å². The molecule has 1 amide bonds. The van der Waals surface area contributed by atoms with E-state index in [1.807, 2.05) is 52.8 Å². The first-order valence-electron chi connectivity index (χ1n) is 9.84. The van der Waals surface area contributed by atoms with Crippen molar-refractivity contribution in [3.8, 4) is 0 Å². The van der Waals surface area contributed by atoms with E-state index < -0.39 is 17.5 Å². The summed E-state index contributed by atoms with van der Waals surface area (Å²) in [7, 11) is 0. The van der Waals surface area contributed by atoms with E-state index in [0.29, 0.717) is 12.3 Å². The molecule has 0 aromatic heterocycles. The van der Waals surface area contributed by atoms with Crippen LogP contribution < -0.4 is 5.32 Å². The van der Waals surface area contributed by atoms with Gasteiger partial charge in [0.15, 0.2) is 5.79 Å². The number of alkyl carbamates (subject to hydrolysis) is 1. The van der Waals surface area contributed by atoms with Gasteiger partial charge in [0.1, 0.15) is 11.7 Å². The van der Waals surface area contributed by atoms with Gasteiger partial charge in [-0.3, -0.25) is 0 Å². The van der Waals surface area contributed by atoms with Crippen molar-refractivity contribution >= 4 is 6.09 Å². The number of amides is 1. The predicted octanol–water partition coefficient (Wildman–Crippen LogP) is 4.69. The predicted molar refractivity (Wildman–Crippen MR) is 107 cm³/mol. The van der Waals surface area contributed by atoms with Gasteiger partial charge < -0.3 is 19.5 Å². The quantitative estimate of drug-likeness (QED) is 0.781. The molecule has 3 atom stereocenters. The maximum absolute atomic E-state index is 12.5. The van der Waals surface area contributed by atoms with Crippen molar-refractivity contribution in [1.29, 1.82) is 0 Å². The van der Waals surface area contributed by atoms with Crippen molar-refractivity contribution in [2.24, 2.45) is 5.92 Å². The molecule has 1 heterocycles. The molecular formula is C22H35NO4.